The molecule has 0 spiro atoms. The predicted molar refractivity (Wildman–Crippen MR) is 71.9 cm³/mol. The molecular formula is C15H17F2NO3. The average Bonchev–Trinajstić information content (AvgIpc) is 2.59. The Hall–Kier alpha value is -1.98. The highest BCUT2D eigenvalue weighted by Crippen LogP contribution is 2.36. The Morgan fingerprint density at radius 3 is 2.76 bits per heavy atom. The number of amides is 1. The maximum atomic E-state index is 12.8. The van der Waals surface area contributed by atoms with Crippen LogP contribution in [0.3, 0.4) is 0 Å². The van der Waals surface area contributed by atoms with Gasteiger partial charge in [0, 0.05) is 19.0 Å². The third-order valence-corrected chi connectivity index (χ3v) is 3.92. The molecule has 0 bridgehead atoms. The first-order valence-corrected chi connectivity index (χ1v) is 6.78. The lowest BCUT2D eigenvalue weighted by Crippen LogP contribution is -2.36. The van der Waals surface area contributed by atoms with Crippen molar-refractivity contribution in [2.24, 2.45) is 5.92 Å². The fourth-order valence-electron chi connectivity index (χ4n) is 2.83. The van der Waals surface area contributed by atoms with Crippen LogP contribution >= 0.6 is 0 Å². The van der Waals surface area contributed by atoms with Gasteiger partial charge in [-0.25, -0.2) is 8.78 Å². The topological polar surface area (TPSA) is 57.6 Å². The zero-order chi connectivity index (χ0) is 15.6. The molecule has 1 saturated heterocycles. The van der Waals surface area contributed by atoms with E-state index in [-0.39, 0.29) is 17.9 Å². The van der Waals surface area contributed by atoms with E-state index in [0.29, 0.717) is 18.4 Å². The standard InChI is InChI=1S/C15H17F2NO3/c1-18-12(19)7-3-6-11(15(20)21)13(18)9-4-2-5-10(8-9)14(16)17/h2,4-5,8,11,13-14H,3,6-7H2,1H3,(H,20,21). The summed E-state index contributed by atoms with van der Waals surface area (Å²) in [6.07, 6.45) is -1.49. The van der Waals surface area contributed by atoms with E-state index in [4.69, 9.17) is 0 Å². The average molecular weight is 297 g/mol. The third-order valence-electron chi connectivity index (χ3n) is 3.92. The summed E-state index contributed by atoms with van der Waals surface area (Å²) >= 11 is 0. The number of alkyl halides is 2. The van der Waals surface area contributed by atoms with E-state index in [9.17, 15) is 23.5 Å². The van der Waals surface area contributed by atoms with Crippen LogP contribution in [0, 0.1) is 5.92 Å². The highest BCUT2D eigenvalue weighted by molar-refractivity contribution is 5.79. The number of nitrogens with zero attached hydrogens (tertiary/aromatic N) is 1. The summed E-state index contributed by atoms with van der Waals surface area (Å²) in [7, 11) is 1.53. The maximum Gasteiger partial charge on any atom is 0.308 e. The van der Waals surface area contributed by atoms with Crippen molar-refractivity contribution in [1.29, 1.82) is 0 Å². The van der Waals surface area contributed by atoms with Crippen LogP contribution in [0.4, 0.5) is 8.78 Å². The molecule has 0 saturated carbocycles. The van der Waals surface area contributed by atoms with Gasteiger partial charge < -0.3 is 10.0 Å². The lowest BCUT2D eigenvalue weighted by Gasteiger charge is -2.31. The third kappa shape index (κ3) is 3.20. The van der Waals surface area contributed by atoms with Crippen LogP contribution in [0.5, 0.6) is 0 Å². The van der Waals surface area contributed by atoms with Gasteiger partial charge in [0.25, 0.3) is 6.43 Å². The second-order valence-electron chi connectivity index (χ2n) is 5.26. The smallest absolute Gasteiger partial charge is 0.308 e. The molecule has 2 atom stereocenters. The number of aliphatic carboxylic acids is 1. The second kappa shape index (κ2) is 6.20. The van der Waals surface area contributed by atoms with Gasteiger partial charge in [-0.05, 0) is 24.5 Å². The molecule has 1 fully saturated rings. The molecule has 0 aromatic heterocycles. The normalized spacial score (nSPS) is 23.2. The van der Waals surface area contributed by atoms with Crippen molar-refractivity contribution in [3.8, 4) is 0 Å². The molecule has 0 radical (unpaired) electrons. The molecular weight excluding hydrogens is 280 g/mol. The van der Waals surface area contributed by atoms with Crippen molar-refractivity contribution in [2.75, 3.05) is 7.05 Å². The van der Waals surface area contributed by atoms with Crippen LogP contribution in [0.1, 0.15) is 42.9 Å². The van der Waals surface area contributed by atoms with Crippen LogP contribution < -0.4 is 0 Å². The highest BCUT2D eigenvalue weighted by Gasteiger charge is 2.37. The number of hydrogen-bond donors (Lipinski definition) is 1. The maximum absolute atomic E-state index is 12.8. The van der Waals surface area contributed by atoms with Crippen molar-refractivity contribution < 1.29 is 23.5 Å². The van der Waals surface area contributed by atoms with E-state index < -0.39 is 24.4 Å². The Bertz CT molecular complexity index is 547. The van der Waals surface area contributed by atoms with Crippen LogP contribution in [0.2, 0.25) is 0 Å². The second-order valence-corrected chi connectivity index (χ2v) is 5.26. The van der Waals surface area contributed by atoms with Crippen LogP contribution in [-0.4, -0.2) is 28.9 Å². The molecule has 1 aromatic rings. The summed E-state index contributed by atoms with van der Waals surface area (Å²) in [5.74, 6) is -1.95. The minimum atomic E-state index is -2.62. The number of likely N-dealkylation sites (tertiary alicyclic amines) is 1. The monoisotopic (exact) mass is 297 g/mol. The Morgan fingerprint density at radius 2 is 2.14 bits per heavy atom. The summed E-state index contributed by atoms with van der Waals surface area (Å²) in [6.45, 7) is 0. The number of carbonyl (C=O) groups excluding carboxylic acids is 1. The van der Waals surface area contributed by atoms with Gasteiger partial charge in [-0.1, -0.05) is 18.2 Å². The molecule has 0 aliphatic carbocycles. The molecule has 1 heterocycles. The van der Waals surface area contributed by atoms with Gasteiger partial charge in [0.1, 0.15) is 0 Å². The molecule has 21 heavy (non-hydrogen) atoms. The van der Waals surface area contributed by atoms with Gasteiger partial charge in [-0.15, -0.1) is 0 Å². The summed E-state index contributed by atoms with van der Waals surface area (Å²) in [4.78, 5) is 24.8. The quantitative estimate of drug-likeness (QED) is 0.933. The SMILES string of the molecule is CN1C(=O)CCCC(C(=O)O)C1c1cccc(C(F)F)c1. The molecule has 4 nitrogen and oxygen atoms in total. The summed E-state index contributed by atoms with van der Waals surface area (Å²) < 4.78 is 25.7. The van der Waals surface area contributed by atoms with E-state index in [0.717, 1.165) is 0 Å². The first kappa shape index (κ1) is 15.4. The molecule has 114 valence electrons. The summed E-state index contributed by atoms with van der Waals surface area (Å²) in [5, 5.41) is 9.39. The van der Waals surface area contributed by atoms with Gasteiger partial charge in [0.05, 0.1) is 12.0 Å². The molecule has 6 heteroatoms. The van der Waals surface area contributed by atoms with E-state index >= 15 is 0 Å². The Morgan fingerprint density at radius 1 is 1.43 bits per heavy atom. The lowest BCUT2D eigenvalue weighted by molar-refractivity contribution is -0.145. The minimum Gasteiger partial charge on any atom is -0.481 e. The van der Waals surface area contributed by atoms with Gasteiger partial charge in [0.2, 0.25) is 5.91 Å². The molecule has 1 aliphatic heterocycles. The van der Waals surface area contributed by atoms with Crippen molar-refractivity contribution in [1.82, 2.24) is 4.90 Å². The van der Waals surface area contributed by atoms with E-state index in [1.54, 1.807) is 6.07 Å². The molecule has 2 unspecified atom stereocenters. The van der Waals surface area contributed by atoms with Crippen molar-refractivity contribution in [3.63, 3.8) is 0 Å². The molecule has 1 N–H and O–H groups in total. The summed E-state index contributed by atoms with van der Waals surface area (Å²) in [6, 6.07) is 4.94. The van der Waals surface area contributed by atoms with Crippen LogP contribution in [0.25, 0.3) is 0 Å². The highest BCUT2D eigenvalue weighted by atomic mass is 19.3. The number of hydrogen-bond acceptors (Lipinski definition) is 2. The number of benzene rings is 1. The molecule has 1 aliphatic rings. The van der Waals surface area contributed by atoms with Gasteiger partial charge in [-0.2, -0.15) is 0 Å². The van der Waals surface area contributed by atoms with E-state index in [1.807, 2.05) is 0 Å². The Labute approximate surface area is 121 Å². The largest absolute Gasteiger partial charge is 0.481 e. The number of rotatable bonds is 3. The van der Waals surface area contributed by atoms with Gasteiger partial charge in [-0.3, -0.25) is 9.59 Å². The number of carbonyl (C=O) groups is 2. The zero-order valence-corrected chi connectivity index (χ0v) is 11.6. The predicted octanol–water partition coefficient (Wildman–Crippen LogP) is 3.01. The minimum absolute atomic E-state index is 0.161. The number of carboxylic acids is 1. The van der Waals surface area contributed by atoms with Crippen molar-refractivity contribution in [2.45, 2.75) is 31.7 Å². The van der Waals surface area contributed by atoms with Crippen LogP contribution in [-0.2, 0) is 9.59 Å². The van der Waals surface area contributed by atoms with Gasteiger partial charge >= 0.3 is 5.97 Å². The molecule has 1 aromatic carbocycles. The Balaban J connectivity index is 2.45. The number of halogens is 2. The lowest BCUT2D eigenvalue weighted by atomic mass is 9.89. The van der Waals surface area contributed by atoms with E-state index in [2.05, 4.69) is 0 Å². The number of carboxylic acid groups (broad SMARTS) is 1. The van der Waals surface area contributed by atoms with Gasteiger partial charge in [0.15, 0.2) is 0 Å². The first-order chi connectivity index (χ1) is 9.91. The van der Waals surface area contributed by atoms with E-state index in [1.165, 1.54) is 30.1 Å². The molecule has 2 rings (SSSR count). The molecule has 1 amide bonds. The van der Waals surface area contributed by atoms with Crippen LogP contribution in [0.15, 0.2) is 24.3 Å². The Kier molecular flexibility index (Phi) is 4.55. The fourth-order valence-corrected chi connectivity index (χ4v) is 2.83. The summed E-state index contributed by atoms with van der Waals surface area (Å²) in [5.41, 5.74) is 0.277. The zero-order valence-electron chi connectivity index (χ0n) is 11.6. The fraction of sp³-hybridized carbons (Fsp3) is 0.467. The van der Waals surface area contributed by atoms with Crippen molar-refractivity contribution in [3.05, 3.63) is 35.4 Å². The first-order valence-electron chi connectivity index (χ1n) is 6.78. The van der Waals surface area contributed by atoms with Crippen molar-refractivity contribution >= 4 is 11.9 Å².